The molecule has 0 amide bonds. The number of benzene rings is 4. The van der Waals surface area contributed by atoms with Gasteiger partial charge in [-0.05, 0) is 48.5 Å². The number of carbonyl (C=O) groups is 2. The fraction of sp³-hybridized carbons (Fsp3) is 0.0303. The van der Waals surface area contributed by atoms with E-state index in [0.29, 0.717) is 10.8 Å². The van der Waals surface area contributed by atoms with E-state index in [1.807, 2.05) is 0 Å². The highest BCUT2D eigenvalue weighted by Gasteiger charge is 2.26. The first-order chi connectivity index (χ1) is 20.0. The Hall–Kier alpha value is -5.76. The maximum Gasteiger partial charge on any atom is 0.343 e. The van der Waals surface area contributed by atoms with Crippen LogP contribution in [0.25, 0.3) is 21.9 Å². The van der Waals surface area contributed by atoms with Gasteiger partial charge in [0.2, 0.25) is 0 Å². The zero-order valence-corrected chi connectivity index (χ0v) is 21.4. The Morgan fingerprint density at radius 2 is 0.878 bits per heavy atom. The fourth-order valence-corrected chi connectivity index (χ4v) is 4.49. The highest BCUT2D eigenvalue weighted by molar-refractivity contribution is 5.96. The summed E-state index contributed by atoms with van der Waals surface area (Å²) in [7, 11) is 0. The summed E-state index contributed by atoms with van der Waals surface area (Å²) in [6.45, 7) is 0. The number of para-hydroxylation sites is 2. The van der Waals surface area contributed by atoms with Gasteiger partial charge in [-0.15, -0.1) is 0 Å². The Kier molecular flexibility index (Phi) is 6.71. The smallest absolute Gasteiger partial charge is 0.343 e. The van der Waals surface area contributed by atoms with E-state index in [2.05, 4.69) is 0 Å². The van der Waals surface area contributed by atoms with Crippen LogP contribution in [-0.2, 0) is 6.42 Å². The van der Waals surface area contributed by atoms with E-state index in [4.69, 9.17) is 18.3 Å². The topological polar surface area (TPSA) is 113 Å². The van der Waals surface area contributed by atoms with Crippen molar-refractivity contribution in [2.75, 3.05) is 0 Å². The summed E-state index contributed by atoms with van der Waals surface area (Å²) in [5, 5.41) is 0.693. The van der Waals surface area contributed by atoms with Crippen molar-refractivity contribution in [1.82, 2.24) is 0 Å². The summed E-state index contributed by atoms with van der Waals surface area (Å²) in [6, 6.07) is 29.7. The van der Waals surface area contributed by atoms with E-state index in [-0.39, 0.29) is 44.9 Å². The summed E-state index contributed by atoms with van der Waals surface area (Å²) in [4.78, 5) is 52.8. The van der Waals surface area contributed by atoms with Crippen molar-refractivity contribution in [2.45, 2.75) is 6.42 Å². The third-order valence-corrected chi connectivity index (χ3v) is 6.47. The normalized spacial score (nSPS) is 10.9. The van der Waals surface area contributed by atoms with Crippen LogP contribution in [0, 0.1) is 0 Å². The van der Waals surface area contributed by atoms with E-state index < -0.39 is 29.6 Å². The molecule has 2 aromatic heterocycles. The van der Waals surface area contributed by atoms with Gasteiger partial charge < -0.3 is 18.3 Å². The molecule has 200 valence electrons. The number of hydrogen-bond donors (Lipinski definition) is 0. The fourth-order valence-electron chi connectivity index (χ4n) is 4.49. The summed E-state index contributed by atoms with van der Waals surface area (Å²) in [5.41, 5.74) is -0.978. The molecule has 0 fully saturated rings. The van der Waals surface area contributed by atoms with Gasteiger partial charge in [-0.3, -0.25) is 0 Å². The molecule has 0 saturated carbocycles. The second-order valence-corrected chi connectivity index (χ2v) is 9.07. The second-order valence-electron chi connectivity index (χ2n) is 9.07. The Morgan fingerprint density at radius 3 is 1.29 bits per heavy atom. The van der Waals surface area contributed by atoms with Gasteiger partial charge in [-0.1, -0.05) is 60.7 Å². The van der Waals surface area contributed by atoms with Crippen LogP contribution < -0.4 is 20.7 Å². The van der Waals surface area contributed by atoms with Crippen molar-refractivity contribution in [1.29, 1.82) is 0 Å². The number of carbonyl (C=O) groups excluding carboxylic acids is 2. The standard InChI is InChI=1S/C33H20O8/c34-30(20-11-3-1-4-12-20)40-28-22-15-7-9-17-26(22)38-32(36)24(28)19-25-29(41-31(35)21-13-5-2-6-14-21)23-16-8-10-18-27(23)39-33(25)37/h1-18H,19H2. The van der Waals surface area contributed by atoms with Gasteiger partial charge in [0.25, 0.3) is 0 Å². The molecule has 6 rings (SSSR count). The molecule has 0 spiro atoms. The molecule has 0 atom stereocenters. The number of hydrogen-bond acceptors (Lipinski definition) is 8. The Bertz CT molecular complexity index is 1890. The maximum atomic E-state index is 13.3. The predicted octanol–water partition coefficient (Wildman–Crippen LogP) is 5.93. The SMILES string of the molecule is O=C(Oc1c(Cc2c(OC(=O)c3ccccc3)c3ccccc3oc2=O)c(=O)oc2ccccc12)c1ccccc1. The van der Waals surface area contributed by atoms with Crippen LogP contribution in [0.15, 0.2) is 128 Å². The Morgan fingerprint density at radius 1 is 0.512 bits per heavy atom. The van der Waals surface area contributed by atoms with Crippen LogP contribution >= 0.6 is 0 Å². The third-order valence-electron chi connectivity index (χ3n) is 6.47. The first-order valence-corrected chi connectivity index (χ1v) is 12.6. The number of rotatable bonds is 6. The van der Waals surface area contributed by atoms with E-state index in [1.165, 1.54) is 0 Å². The van der Waals surface area contributed by atoms with Crippen molar-refractivity contribution in [3.63, 3.8) is 0 Å². The lowest BCUT2D eigenvalue weighted by Gasteiger charge is -2.14. The lowest BCUT2D eigenvalue weighted by Crippen LogP contribution is -2.20. The predicted molar refractivity (Wildman–Crippen MR) is 151 cm³/mol. The molecule has 0 aliphatic carbocycles. The molecule has 0 radical (unpaired) electrons. The maximum absolute atomic E-state index is 13.3. The summed E-state index contributed by atoms with van der Waals surface area (Å²) < 4.78 is 22.6. The Balaban J connectivity index is 1.52. The molecule has 0 unspecified atom stereocenters. The lowest BCUT2D eigenvalue weighted by molar-refractivity contribution is 0.0727. The molecule has 0 saturated heterocycles. The molecule has 0 aliphatic heterocycles. The van der Waals surface area contributed by atoms with Crippen LogP contribution in [-0.4, -0.2) is 11.9 Å². The van der Waals surface area contributed by atoms with Crippen molar-refractivity contribution in [3.8, 4) is 11.5 Å². The van der Waals surface area contributed by atoms with E-state index in [1.54, 1.807) is 109 Å². The summed E-state index contributed by atoms with van der Waals surface area (Å²) in [6.07, 6.45) is -0.408. The molecular weight excluding hydrogens is 524 g/mol. The van der Waals surface area contributed by atoms with E-state index in [0.717, 1.165) is 0 Å². The molecule has 2 heterocycles. The number of esters is 2. The zero-order valence-electron chi connectivity index (χ0n) is 21.4. The molecule has 0 aliphatic rings. The first kappa shape index (κ1) is 25.5. The molecule has 6 aromatic rings. The molecule has 8 nitrogen and oxygen atoms in total. The minimum Gasteiger partial charge on any atom is -0.422 e. The van der Waals surface area contributed by atoms with Gasteiger partial charge in [0.15, 0.2) is 11.5 Å². The molecule has 41 heavy (non-hydrogen) atoms. The molecule has 8 heteroatoms. The molecule has 0 bridgehead atoms. The Labute approximate surface area is 232 Å². The average Bonchev–Trinajstić information content (AvgIpc) is 3.00. The zero-order chi connectivity index (χ0) is 28.3. The van der Waals surface area contributed by atoms with E-state index >= 15 is 0 Å². The number of ether oxygens (including phenoxy) is 2. The van der Waals surface area contributed by atoms with Crippen LogP contribution in [0.2, 0.25) is 0 Å². The van der Waals surface area contributed by atoms with Gasteiger partial charge in [0.1, 0.15) is 11.2 Å². The first-order valence-electron chi connectivity index (χ1n) is 12.6. The summed E-state index contributed by atoms with van der Waals surface area (Å²) in [5.74, 6) is -1.55. The van der Waals surface area contributed by atoms with Gasteiger partial charge in [0.05, 0.1) is 33.0 Å². The number of fused-ring (bicyclic) bond motifs is 2. The largest absolute Gasteiger partial charge is 0.422 e. The van der Waals surface area contributed by atoms with Crippen LogP contribution in [0.5, 0.6) is 11.5 Å². The monoisotopic (exact) mass is 544 g/mol. The highest BCUT2D eigenvalue weighted by Crippen LogP contribution is 2.34. The van der Waals surface area contributed by atoms with E-state index in [9.17, 15) is 19.2 Å². The second kappa shape index (κ2) is 10.8. The average molecular weight is 545 g/mol. The highest BCUT2D eigenvalue weighted by atomic mass is 16.5. The quantitative estimate of drug-likeness (QED) is 0.187. The minimum atomic E-state index is -0.826. The molecular formula is C33H20O8. The third kappa shape index (κ3) is 5.02. The van der Waals surface area contributed by atoms with Gasteiger partial charge >= 0.3 is 23.2 Å². The van der Waals surface area contributed by atoms with Crippen molar-refractivity contribution < 1.29 is 27.9 Å². The molecule has 0 N–H and O–H groups in total. The van der Waals surface area contributed by atoms with Crippen molar-refractivity contribution in [2.24, 2.45) is 0 Å². The van der Waals surface area contributed by atoms with Crippen LogP contribution in [0.1, 0.15) is 31.8 Å². The van der Waals surface area contributed by atoms with Crippen molar-refractivity contribution in [3.05, 3.63) is 152 Å². The van der Waals surface area contributed by atoms with Crippen LogP contribution in [0.4, 0.5) is 0 Å². The van der Waals surface area contributed by atoms with Crippen LogP contribution in [0.3, 0.4) is 0 Å². The minimum absolute atomic E-state index is 0.0707. The summed E-state index contributed by atoms with van der Waals surface area (Å²) >= 11 is 0. The lowest BCUT2D eigenvalue weighted by atomic mass is 10.0. The van der Waals surface area contributed by atoms with Gasteiger partial charge in [-0.25, -0.2) is 19.2 Å². The van der Waals surface area contributed by atoms with Gasteiger partial charge in [0, 0.05) is 6.42 Å². The van der Waals surface area contributed by atoms with Gasteiger partial charge in [-0.2, -0.15) is 0 Å². The molecule has 4 aromatic carbocycles. The van der Waals surface area contributed by atoms with Crippen molar-refractivity contribution >= 4 is 33.9 Å².